The molecule has 0 saturated heterocycles. The molecule has 1 rings (SSSR count). The highest BCUT2D eigenvalue weighted by Crippen LogP contribution is 2.18. The molecule has 5 nitrogen and oxygen atoms in total. The molecular weight excluding hydrogens is 240 g/mol. The summed E-state index contributed by atoms with van der Waals surface area (Å²) in [7, 11) is 0. The smallest absolute Gasteiger partial charge is 0.220 e. The van der Waals surface area contributed by atoms with Crippen LogP contribution in [0.2, 0.25) is 0 Å². The van der Waals surface area contributed by atoms with Gasteiger partial charge in [0.25, 0.3) is 0 Å². The lowest BCUT2D eigenvalue weighted by atomic mass is 10.1. The SMILES string of the molecule is CCNC(=NCCCC(=O)NC1CC1)NC(C)(C)C. The molecule has 0 unspecified atom stereocenters. The zero-order chi connectivity index (χ0) is 14.3. The number of guanidine groups is 1. The molecular formula is C14H28N4O. The fourth-order valence-electron chi connectivity index (χ4n) is 1.62. The third-order valence-electron chi connectivity index (χ3n) is 2.61. The summed E-state index contributed by atoms with van der Waals surface area (Å²) in [5.74, 6) is 0.976. The number of nitrogens with zero attached hydrogens (tertiary/aromatic N) is 1. The van der Waals surface area contributed by atoms with Crippen molar-refractivity contribution in [1.82, 2.24) is 16.0 Å². The van der Waals surface area contributed by atoms with Crippen molar-refractivity contribution in [2.45, 2.75) is 65.0 Å². The minimum absolute atomic E-state index is 0.00957. The molecule has 1 amide bonds. The van der Waals surface area contributed by atoms with Gasteiger partial charge in [-0.2, -0.15) is 0 Å². The highest BCUT2D eigenvalue weighted by atomic mass is 16.1. The van der Waals surface area contributed by atoms with E-state index in [1.165, 1.54) is 0 Å². The van der Waals surface area contributed by atoms with Crippen molar-refractivity contribution in [3.05, 3.63) is 0 Å². The molecule has 1 fully saturated rings. The molecule has 5 heteroatoms. The number of aliphatic imine (C=N–C) groups is 1. The number of hydrogen-bond donors (Lipinski definition) is 3. The lowest BCUT2D eigenvalue weighted by molar-refractivity contribution is -0.121. The van der Waals surface area contributed by atoms with E-state index in [-0.39, 0.29) is 11.4 Å². The van der Waals surface area contributed by atoms with E-state index in [9.17, 15) is 4.79 Å². The average Bonchev–Trinajstić information content (AvgIpc) is 3.06. The monoisotopic (exact) mass is 268 g/mol. The third-order valence-corrected chi connectivity index (χ3v) is 2.61. The molecule has 0 aliphatic heterocycles. The molecule has 1 saturated carbocycles. The lowest BCUT2D eigenvalue weighted by Gasteiger charge is -2.23. The maximum absolute atomic E-state index is 11.5. The van der Waals surface area contributed by atoms with Crippen LogP contribution in [0.5, 0.6) is 0 Å². The number of nitrogens with one attached hydrogen (secondary N) is 3. The Hall–Kier alpha value is -1.26. The van der Waals surface area contributed by atoms with E-state index in [0.29, 0.717) is 19.0 Å². The molecule has 0 heterocycles. The van der Waals surface area contributed by atoms with Crippen molar-refractivity contribution >= 4 is 11.9 Å². The normalized spacial score (nSPS) is 16.1. The molecule has 0 aromatic carbocycles. The van der Waals surface area contributed by atoms with Gasteiger partial charge in [0.05, 0.1) is 0 Å². The number of hydrogen-bond acceptors (Lipinski definition) is 2. The van der Waals surface area contributed by atoms with Crippen molar-refractivity contribution in [3.63, 3.8) is 0 Å². The van der Waals surface area contributed by atoms with Gasteiger partial charge in [-0.25, -0.2) is 0 Å². The maximum Gasteiger partial charge on any atom is 0.220 e. The van der Waals surface area contributed by atoms with E-state index in [1.807, 2.05) is 6.92 Å². The van der Waals surface area contributed by atoms with Crippen LogP contribution in [0.1, 0.15) is 53.4 Å². The summed E-state index contributed by atoms with van der Waals surface area (Å²) in [4.78, 5) is 16.0. The largest absolute Gasteiger partial charge is 0.357 e. The summed E-state index contributed by atoms with van der Waals surface area (Å²) in [6.45, 7) is 9.85. The summed E-state index contributed by atoms with van der Waals surface area (Å²) in [6.07, 6.45) is 3.64. The van der Waals surface area contributed by atoms with Gasteiger partial charge >= 0.3 is 0 Å². The fraction of sp³-hybridized carbons (Fsp3) is 0.857. The van der Waals surface area contributed by atoms with Gasteiger partial charge in [-0.05, 0) is 47.0 Å². The molecule has 0 aromatic rings. The molecule has 110 valence electrons. The Morgan fingerprint density at radius 1 is 1.32 bits per heavy atom. The van der Waals surface area contributed by atoms with Gasteiger partial charge in [0, 0.05) is 31.1 Å². The minimum atomic E-state index is -0.00957. The van der Waals surface area contributed by atoms with Crippen molar-refractivity contribution in [2.24, 2.45) is 4.99 Å². The van der Waals surface area contributed by atoms with Crippen LogP contribution in [0.25, 0.3) is 0 Å². The van der Waals surface area contributed by atoms with E-state index in [0.717, 1.165) is 31.8 Å². The summed E-state index contributed by atoms with van der Waals surface area (Å²) in [6, 6.07) is 0.455. The Kier molecular flexibility index (Phi) is 6.12. The number of rotatable bonds is 6. The molecule has 0 atom stereocenters. The van der Waals surface area contributed by atoms with Gasteiger partial charge in [-0.1, -0.05) is 0 Å². The Balaban J connectivity index is 2.23. The number of amides is 1. The zero-order valence-electron chi connectivity index (χ0n) is 12.7. The highest BCUT2D eigenvalue weighted by Gasteiger charge is 2.22. The van der Waals surface area contributed by atoms with Crippen molar-refractivity contribution in [2.75, 3.05) is 13.1 Å². The first-order chi connectivity index (χ1) is 8.90. The van der Waals surface area contributed by atoms with Gasteiger partial charge in [-0.15, -0.1) is 0 Å². The summed E-state index contributed by atoms with van der Waals surface area (Å²) < 4.78 is 0. The molecule has 19 heavy (non-hydrogen) atoms. The second-order valence-corrected chi connectivity index (χ2v) is 6.08. The quantitative estimate of drug-likeness (QED) is 0.387. The maximum atomic E-state index is 11.5. The van der Waals surface area contributed by atoms with Gasteiger partial charge in [0.1, 0.15) is 0 Å². The van der Waals surface area contributed by atoms with Crippen LogP contribution in [0.15, 0.2) is 4.99 Å². The van der Waals surface area contributed by atoms with E-state index in [4.69, 9.17) is 0 Å². The molecule has 0 spiro atoms. The lowest BCUT2D eigenvalue weighted by Crippen LogP contribution is -2.47. The van der Waals surface area contributed by atoms with Crippen LogP contribution in [-0.2, 0) is 4.79 Å². The van der Waals surface area contributed by atoms with Crippen LogP contribution >= 0.6 is 0 Å². The summed E-state index contributed by atoms with van der Waals surface area (Å²) >= 11 is 0. The predicted octanol–water partition coefficient (Wildman–Crippen LogP) is 1.40. The van der Waals surface area contributed by atoms with Crippen LogP contribution in [-0.4, -0.2) is 36.5 Å². The van der Waals surface area contributed by atoms with Crippen LogP contribution in [0.4, 0.5) is 0 Å². The van der Waals surface area contributed by atoms with Crippen molar-refractivity contribution in [1.29, 1.82) is 0 Å². The van der Waals surface area contributed by atoms with Gasteiger partial charge in [-0.3, -0.25) is 9.79 Å². The zero-order valence-corrected chi connectivity index (χ0v) is 12.7. The first kappa shape index (κ1) is 15.8. The molecule has 1 aliphatic carbocycles. The second kappa shape index (κ2) is 7.36. The summed E-state index contributed by atoms with van der Waals surface area (Å²) in [5.41, 5.74) is -0.00957. The van der Waals surface area contributed by atoms with Crippen molar-refractivity contribution in [3.8, 4) is 0 Å². The molecule has 0 aromatic heterocycles. The van der Waals surface area contributed by atoms with E-state index in [1.54, 1.807) is 0 Å². The molecule has 3 N–H and O–H groups in total. The van der Waals surface area contributed by atoms with E-state index in [2.05, 4.69) is 41.7 Å². The highest BCUT2D eigenvalue weighted by molar-refractivity contribution is 5.80. The summed E-state index contributed by atoms with van der Waals surface area (Å²) in [5, 5.41) is 9.52. The first-order valence-electron chi connectivity index (χ1n) is 7.26. The Labute approximate surface area is 116 Å². The topological polar surface area (TPSA) is 65.5 Å². The third kappa shape index (κ3) is 8.46. The fourth-order valence-corrected chi connectivity index (χ4v) is 1.62. The van der Waals surface area contributed by atoms with Crippen LogP contribution in [0, 0.1) is 0 Å². The van der Waals surface area contributed by atoms with E-state index < -0.39 is 0 Å². The molecule has 0 radical (unpaired) electrons. The molecule has 1 aliphatic rings. The van der Waals surface area contributed by atoms with Crippen LogP contribution < -0.4 is 16.0 Å². The first-order valence-corrected chi connectivity index (χ1v) is 7.26. The number of carbonyl (C=O) groups excluding carboxylic acids is 1. The standard InChI is InChI=1S/C14H28N4O/c1-5-15-13(18-14(2,3)4)16-10-6-7-12(19)17-11-8-9-11/h11H,5-10H2,1-4H3,(H,17,19)(H2,15,16,18). The van der Waals surface area contributed by atoms with E-state index >= 15 is 0 Å². The van der Waals surface area contributed by atoms with Gasteiger partial charge in [0.2, 0.25) is 5.91 Å². The Bertz CT molecular complexity index is 316. The molecule has 0 bridgehead atoms. The average molecular weight is 268 g/mol. The van der Waals surface area contributed by atoms with Crippen LogP contribution in [0.3, 0.4) is 0 Å². The van der Waals surface area contributed by atoms with Crippen molar-refractivity contribution < 1.29 is 4.79 Å². The Morgan fingerprint density at radius 3 is 2.53 bits per heavy atom. The number of carbonyl (C=O) groups is 1. The Morgan fingerprint density at radius 2 is 2.00 bits per heavy atom. The predicted molar refractivity (Wildman–Crippen MR) is 79.3 cm³/mol. The van der Waals surface area contributed by atoms with Gasteiger partial charge in [0.15, 0.2) is 5.96 Å². The minimum Gasteiger partial charge on any atom is -0.357 e. The van der Waals surface area contributed by atoms with Gasteiger partial charge < -0.3 is 16.0 Å². The second-order valence-electron chi connectivity index (χ2n) is 6.08.